The summed E-state index contributed by atoms with van der Waals surface area (Å²) in [5.74, 6) is 0.270. The lowest BCUT2D eigenvalue weighted by molar-refractivity contribution is -0.130. The summed E-state index contributed by atoms with van der Waals surface area (Å²) >= 11 is 0. The van der Waals surface area contributed by atoms with Crippen molar-refractivity contribution in [3.63, 3.8) is 0 Å². The van der Waals surface area contributed by atoms with Crippen molar-refractivity contribution < 1.29 is 9.59 Å². The molecule has 0 aromatic rings. The van der Waals surface area contributed by atoms with Crippen LogP contribution < -0.4 is 5.32 Å². The maximum atomic E-state index is 12.0. The predicted molar refractivity (Wildman–Crippen MR) is 78.0 cm³/mol. The average molecular weight is 279 g/mol. The van der Waals surface area contributed by atoms with Crippen LogP contribution >= 0.6 is 0 Å². The van der Waals surface area contributed by atoms with E-state index in [1.807, 2.05) is 4.90 Å². The van der Waals surface area contributed by atoms with E-state index in [4.69, 9.17) is 0 Å². The van der Waals surface area contributed by atoms with Crippen LogP contribution in [0.2, 0.25) is 0 Å². The number of hydrogen-bond donors (Lipinski definition) is 1. The van der Waals surface area contributed by atoms with Crippen molar-refractivity contribution in [2.75, 3.05) is 26.2 Å². The fraction of sp³-hybridized carbons (Fsp3) is 0.733. The van der Waals surface area contributed by atoms with Gasteiger partial charge in [-0.2, -0.15) is 0 Å². The van der Waals surface area contributed by atoms with Crippen LogP contribution in [0.4, 0.5) is 0 Å². The third-order valence-corrected chi connectivity index (χ3v) is 4.09. The average Bonchev–Trinajstić information content (AvgIpc) is 2.75. The van der Waals surface area contributed by atoms with E-state index in [0.717, 1.165) is 51.0 Å². The molecule has 0 aromatic carbocycles. The molecule has 2 heterocycles. The largest absolute Gasteiger partial charge is 0.372 e. The first-order valence-electron chi connectivity index (χ1n) is 7.54. The Morgan fingerprint density at radius 2 is 2.15 bits per heavy atom. The molecule has 20 heavy (non-hydrogen) atoms. The van der Waals surface area contributed by atoms with Gasteiger partial charge in [0.05, 0.1) is 6.54 Å². The van der Waals surface area contributed by atoms with E-state index >= 15 is 0 Å². The van der Waals surface area contributed by atoms with Gasteiger partial charge >= 0.3 is 0 Å². The maximum absolute atomic E-state index is 12.0. The van der Waals surface area contributed by atoms with E-state index in [-0.39, 0.29) is 17.9 Å². The van der Waals surface area contributed by atoms with Crippen LogP contribution in [0.5, 0.6) is 0 Å². The molecule has 5 nitrogen and oxygen atoms in total. The summed E-state index contributed by atoms with van der Waals surface area (Å²) < 4.78 is 0. The molecule has 2 rings (SSSR count). The normalized spacial score (nSPS) is 23.6. The summed E-state index contributed by atoms with van der Waals surface area (Å²) in [6, 6.07) is 0.212. The monoisotopic (exact) mass is 279 g/mol. The zero-order valence-electron chi connectivity index (χ0n) is 12.4. The number of nitrogens with one attached hydrogen (secondary N) is 1. The van der Waals surface area contributed by atoms with E-state index in [1.165, 1.54) is 0 Å². The Kier molecular flexibility index (Phi) is 5.04. The van der Waals surface area contributed by atoms with Gasteiger partial charge in [0, 0.05) is 44.7 Å². The number of carbonyl (C=O) groups is 2. The summed E-state index contributed by atoms with van der Waals surface area (Å²) in [6.07, 6.45) is 4.86. The summed E-state index contributed by atoms with van der Waals surface area (Å²) in [5.41, 5.74) is 0.994. The van der Waals surface area contributed by atoms with Crippen LogP contribution in [0.3, 0.4) is 0 Å². The molecule has 2 saturated heterocycles. The zero-order valence-corrected chi connectivity index (χ0v) is 12.4. The number of rotatable bonds is 4. The molecule has 112 valence electrons. The Labute approximate surface area is 121 Å². The Morgan fingerprint density at radius 3 is 2.90 bits per heavy atom. The molecule has 1 unspecified atom stereocenters. The minimum atomic E-state index is 0.0187. The lowest BCUT2D eigenvalue weighted by atomic mass is 10.2. The fourth-order valence-electron chi connectivity index (χ4n) is 2.98. The molecule has 2 amide bonds. The van der Waals surface area contributed by atoms with Gasteiger partial charge in [0.2, 0.25) is 11.8 Å². The number of likely N-dealkylation sites (tertiary alicyclic amines) is 2. The molecule has 0 saturated carbocycles. The summed E-state index contributed by atoms with van der Waals surface area (Å²) in [6.45, 7) is 8.87. The van der Waals surface area contributed by atoms with Crippen LogP contribution in [0, 0.1) is 0 Å². The van der Waals surface area contributed by atoms with Crippen molar-refractivity contribution >= 4 is 11.8 Å². The molecule has 0 radical (unpaired) electrons. The van der Waals surface area contributed by atoms with E-state index in [0.29, 0.717) is 13.0 Å². The van der Waals surface area contributed by atoms with Crippen LogP contribution in [-0.2, 0) is 9.59 Å². The van der Waals surface area contributed by atoms with Gasteiger partial charge < -0.3 is 15.1 Å². The van der Waals surface area contributed by atoms with Crippen molar-refractivity contribution in [1.82, 2.24) is 15.1 Å². The van der Waals surface area contributed by atoms with Gasteiger partial charge in [0.15, 0.2) is 0 Å². The molecule has 2 fully saturated rings. The Bertz CT molecular complexity index is 395. The third kappa shape index (κ3) is 3.99. The quantitative estimate of drug-likeness (QED) is 0.839. The molecule has 1 atom stereocenters. The highest BCUT2D eigenvalue weighted by atomic mass is 16.2. The lowest BCUT2D eigenvalue weighted by Gasteiger charge is -2.27. The van der Waals surface area contributed by atoms with Crippen molar-refractivity contribution in [2.24, 2.45) is 0 Å². The number of amides is 2. The predicted octanol–water partition coefficient (Wildman–Crippen LogP) is 1.11. The van der Waals surface area contributed by atoms with Gasteiger partial charge in [-0.05, 0) is 19.3 Å². The number of hydrogen-bond acceptors (Lipinski definition) is 3. The van der Waals surface area contributed by atoms with Gasteiger partial charge in [-0.15, -0.1) is 0 Å². The van der Waals surface area contributed by atoms with E-state index in [1.54, 1.807) is 6.92 Å². The van der Waals surface area contributed by atoms with E-state index in [2.05, 4.69) is 16.8 Å². The third-order valence-electron chi connectivity index (χ3n) is 4.09. The van der Waals surface area contributed by atoms with Gasteiger partial charge in [0.1, 0.15) is 0 Å². The second-order valence-corrected chi connectivity index (χ2v) is 5.82. The second kappa shape index (κ2) is 6.77. The highest BCUT2D eigenvalue weighted by Crippen LogP contribution is 2.18. The van der Waals surface area contributed by atoms with Crippen molar-refractivity contribution in [3.05, 3.63) is 12.3 Å². The first-order valence-corrected chi connectivity index (χ1v) is 7.54. The smallest absolute Gasteiger partial charge is 0.222 e. The molecule has 0 bridgehead atoms. The molecule has 2 aliphatic rings. The Morgan fingerprint density at radius 1 is 1.35 bits per heavy atom. The topological polar surface area (TPSA) is 52.7 Å². The summed E-state index contributed by atoms with van der Waals surface area (Å²) in [7, 11) is 0. The maximum Gasteiger partial charge on any atom is 0.222 e. The number of carbonyl (C=O) groups excluding carboxylic acids is 2. The van der Waals surface area contributed by atoms with Crippen LogP contribution in [-0.4, -0.2) is 53.8 Å². The Hall–Kier alpha value is -1.52. The molecule has 5 heteroatoms. The lowest BCUT2D eigenvalue weighted by Crippen LogP contribution is -2.38. The fourth-order valence-corrected chi connectivity index (χ4v) is 2.98. The van der Waals surface area contributed by atoms with Gasteiger partial charge in [-0.25, -0.2) is 0 Å². The molecule has 2 aliphatic heterocycles. The molecule has 0 spiro atoms. The summed E-state index contributed by atoms with van der Waals surface area (Å²) in [5, 5.41) is 2.95. The van der Waals surface area contributed by atoms with E-state index < -0.39 is 0 Å². The summed E-state index contributed by atoms with van der Waals surface area (Å²) in [4.78, 5) is 27.2. The highest BCUT2D eigenvalue weighted by Gasteiger charge is 2.25. The van der Waals surface area contributed by atoms with Crippen molar-refractivity contribution in [1.29, 1.82) is 0 Å². The first kappa shape index (κ1) is 14.9. The Balaban J connectivity index is 1.82. The standard InChI is InChI=1S/C15H25N3O2/c1-12(10-18-8-5-3-4-6-15(18)20)17-9-7-14(11-17)16-13(2)19/h14H,1,3-11H2,2H3,(H,16,19). The van der Waals surface area contributed by atoms with E-state index in [9.17, 15) is 9.59 Å². The van der Waals surface area contributed by atoms with Crippen molar-refractivity contribution in [3.8, 4) is 0 Å². The first-order chi connectivity index (χ1) is 9.56. The molecular weight excluding hydrogens is 254 g/mol. The van der Waals surface area contributed by atoms with Gasteiger partial charge in [-0.3, -0.25) is 9.59 Å². The van der Waals surface area contributed by atoms with Crippen LogP contribution in [0.25, 0.3) is 0 Å². The highest BCUT2D eigenvalue weighted by molar-refractivity contribution is 5.76. The number of nitrogens with zero attached hydrogens (tertiary/aromatic N) is 2. The van der Waals surface area contributed by atoms with Gasteiger partial charge in [0.25, 0.3) is 0 Å². The van der Waals surface area contributed by atoms with Crippen LogP contribution in [0.15, 0.2) is 12.3 Å². The zero-order chi connectivity index (χ0) is 14.5. The molecular formula is C15H25N3O2. The second-order valence-electron chi connectivity index (χ2n) is 5.82. The molecule has 0 aliphatic carbocycles. The minimum Gasteiger partial charge on any atom is -0.372 e. The van der Waals surface area contributed by atoms with Gasteiger partial charge in [-0.1, -0.05) is 13.0 Å². The SMILES string of the molecule is C=C(CN1CCCCCC1=O)N1CCC(NC(C)=O)C1. The minimum absolute atomic E-state index is 0.0187. The molecule has 0 aromatic heterocycles. The van der Waals surface area contributed by atoms with Crippen molar-refractivity contribution in [2.45, 2.75) is 45.1 Å². The van der Waals surface area contributed by atoms with Crippen LogP contribution in [0.1, 0.15) is 39.0 Å². The molecule has 1 N–H and O–H groups in total.